The lowest BCUT2D eigenvalue weighted by Crippen LogP contribution is -2.06. The summed E-state index contributed by atoms with van der Waals surface area (Å²) in [6.45, 7) is 0.507. The van der Waals surface area contributed by atoms with Crippen LogP contribution < -0.4 is 4.74 Å². The standard InChI is InChI=1S/C17H18O3S/c1-21-15-11-5-10-14(16(15)17(18)19)20-12-6-9-13-7-3-2-4-8-13/h2-5,7-8,10-11H,6,9,12H2,1H3,(H,18,19). The van der Waals surface area contributed by atoms with E-state index in [2.05, 4.69) is 12.1 Å². The molecule has 0 fully saturated rings. The molecule has 0 amide bonds. The van der Waals surface area contributed by atoms with Crippen LogP contribution >= 0.6 is 11.8 Å². The Morgan fingerprint density at radius 3 is 2.57 bits per heavy atom. The lowest BCUT2D eigenvalue weighted by molar-refractivity contribution is 0.0688. The van der Waals surface area contributed by atoms with Crippen molar-refractivity contribution in [1.82, 2.24) is 0 Å². The fourth-order valence-electron chi connectivity index (χ4n) is 2.12. The van der Waals surface area contributed by atoms with E-state index in [-0.39, 0.29) is 5.56 Å². The molecule has 110 valence electrons. The summed E-state index contributed by atoms with van der Waals surface area (Å²) in [7, 11) is 0. The van der Waals surface area contributed by atoms with Gasteiger partial charge in [0.15, 0.2) is 0 Å². The normalized spacial score (nSPS) is 10.3. The summed E-state index contributed by atoms with van der Waals surface area (Å²) >= 11 is 1.41. The third kappa shape index (κ3) is 4.26. The van der Waals surface area contributed by atoms with Gasteiger partial charge < -0.3 is 9.84 Å². The van der Waals surface area contributed by atoms with E-state index in [4.69, 9.17) is 4.74 Å². The molecule has 0 bridgehead atoms. The molecule has 0 aliphatic rings. The quantitative estimate of drug-likeness (QED) is 0.617. The zero-order chi connectivity index (χ0) is 15.1. The van der Waals surface area contributed by atoms with Crippen LogP contribution in [0.4, 0.5) is 0 Å². The molecule has 0 aliphatic carbocycles. The molecule has 0 unspecified atom stereocenters. The Balaban J connectivity index is 1.95. The minimum absolute atomic E-state index is 0.254. The second kappa shape index (κ2) is 7.74. The van der Waals surface area contributed by atoms with Crippen LogP contribution in [0.1, 0.15) is 22.3 Å². The molecule has 1 N–H and O–H groups in total. The number of carbonyl (C=O) groups is 1. The van der Waals surface area contributed by atoms with Crippen molar-refractivity contribution in [3.63, 3.8) is 0 Å². The van der Waals surface area contributed by atoms with Crippen LogP contribution in [0.25, 0.3) is 0 Å². The van der Waals surface area contributed by atoms with E-state index in [1.54, 1.807) is 12.1 Å². The van der Waals surface area contributed by atoms with Crippen LogP contribution in [-0.4, -0.2) is 23.9 Å². The molecule has 3 nitrogen and oxygen atoms in total. The number of ether oxygens (including phenoxy) is 1. The molecule has 0 spiro atoms. The van der Waals surface area contributed by atoms with Gasteiger partial charge in [0.1, 0.15) is 11.3 Å². The minimum atomic E-state index is -0.946. The van der Waals surface area contributed by atoms with Gasteiger partial charge in [-0.05, 0) is 36.8 Å². The van der Waals surface area contributed by atoms with Gasteiger partial charge in [-0.15, -0.1) is 11.8 Å². The van der Waals surface area contributed by atoms with Crippen LogP contribution in [0.3, 0.4) is 0 Å². The number of thioether (sulfide) groups is 1. The van der Waals surface area contributed by atoms with Gasteiger partial charge >= 0.3 is 5.97 Å². The molecule has 2 aromatic rings. The van der Waals surface area contributed by atoms with Crippen molar-refractivity contribution in [3.05, 3.63) is 59.7 Å². The van der Waals surface area contributed by atoms with Crippen molar-refractivity contribution in [1.29, 1.82) is 0 Å². The number of hydrogen-bond donors (Lipinski definition) is 1. The third-order valence-corrected chi connectivity index (χ3v) is 3.91. The first-order valence-corrected chi connectivity index (χ1v) is 8.02. The summed E-state index contributed by atoms with van der Waals surface area (Å²) in [4.78, 5) is 12.1. The molecular formula is C17H18O3S. The lowest BCUT2D eigenvalue weighted by atomic mass is 10.1. The molecule has 2 rings (SSSR count). The van der Waals surface area contributed by atoms with Crippen molar-refractivity contribution in [2.24, 2.45) is 0 Å². The monoisotopic (exact) mass is 302 g/mol. The average Bonchev–Trinajstić information content (AvgIpc) is 2.52. The van der Waals surface area contributed by atoms with Gasteiger partial charge in [-0.3, -0.25) is 0 Å². The summed E-state index contributed by atoms with van der Waals surface area (Å²) in [6, 6.07) is 15.5. The van der Waals surface area contributed by atoms with Crippen LogP contribution in [0.5, 0.6) is 5.75 Å². The summed E-state index contributed by atoms with van der Waals surface area (Å²) in [5.41, 5.74) is 1.52. The summed E-state index contributed by atoms with van der Waals surface area (Å²) in [6.07, 6.45) is 3.64. The SMILES string of the molecule is CSc1cccc(OCCCc2ccccc2)c1C(=O)O. The second-order valence-corrected chi connectivity index (χ2v) is 5.42. The van der Waals surface area contributed by atoms with Gasteiger partial charge in [-0.25, -0.2) is 4.79 Å². The smallest absolute Gasteiger partial charge is 0.340 e. The highest BCUT2D eigenvalue weighted by Gasteiger charge is 2.15. The van der Waals surface area contributed by atoms with Crippen molar-refractivity contribution >= 4 is 17.7 Å². The molecule has 0 atom stereocenters. The molecular weight excluding hydrogens is 284 g/mol. The maximum Gasteiger partial charge on any atom is 0.340 e. The number of benzene rings is 2. The second-order valence-electron chi connectivity index (χ2n) is 4.58. The Hall–Kier alpha value is -1.94. The molecule has 0 aromatic heterocycles. The van der Waals surface area contributed by atoms with Gasteiger partial charge in [-0.1, -0.05) is 36.4 Å². The number of carboxylic acid groups (broad SMARTS) is 1. The predicted molar refractivity (Wildman–Crippen MR) is 85.4 cm³/mol. The van der Waals surface area contributed by atoms with Crippen LogP contribution in [0, 0.1) is 0 Å². The van der Waals surface area contributed by atoms with Crippen molar-refractivity contribution in [2.75, 3.05) is 12.9 Å². The van der Waals surface area contributed by atoms with Gasteiger partial charge in [0.05, 0.1) is 6.61 Å². The highest BCUT2D eigenvalue weighted by atomic mass is 32.2. The molecule has 4 heteroatoms. The molecule has 0 heterocycles. The fourth-order valence-corrected chi connectivity index (χ4v) is 2.72. The maximum absolute atomic E-state index is 11.4. The van der Waals surface area contributed by atoms with Gasteiger partial charge in [0, 0.05) is 4.90 Å². The van der Waals surface area contributed by atoms with Crippen molar-refractivity contribution in [3.8, 4) is 5.75 Å². The van der Waals surface area contributed by atoms with Crippen LogP contribution in [0.15, 0.2) is 53.4 Å². The molecule has 0 radical (unpaired) electrons. The fraction of sp³-hybridized carbons (Fsp3) is 0.235. The topological polar surface area (TPSA) is 46.5 Å². The minimum Gasteiger partial charge on any atom is -0.493 e. The zero-order valence-electron chi connectivity index (χ0n) is 11.9. The molecule has 2 aromatic carbocycles. The number of aryl methyl sites for hydroxylation is 1. The number of aromatic carboxylic acids is 1. The van der Waals surface area contributed by atoms with E-state index in [1.807, 2.05) is 30.5 Å². The predicted octanol–water partition coefficient (Wildman–Crippen LogP) is 4.12. The van der Waals surface area contributed by atoms with Gasteiger partial charge in [-0.2, -0.15) is 0 Å². The molecule has 0 saturated carbocycles. The van der Waals surface area contributed by atoms with Crippen molar-refractivity contribution in [2.45, 2.75) is 17.7 Å². The zero-order valence-corrected chi connectivity index (χ0v) is 12.7. The summed E-state index contributed by atoms with van der Waals surface area (Å²) < 4.78 is 5.67. The first-order valence-electron chi connectivity index (χ1n) is 6.79. The van der Waals surface area contributed by atoms with E-state index >= 15 is 0 Å². The largest absolute Gasteiger partial charge is 0.493 e. The average molecular weight is 302 g/mol. The number of carboxylic acids is 1. The Labute approximate surface area is 129 Å². The van der Waals surface area contributed by atoms with E-state index in [0.717, 1.165) is 17.7 Å². The first kappa shape index (κ1) is 15.4. The lowest BCUT2D eigenvalue weighted by Gasteiger charge is -2.11. The Morgan fingerprint density at radius 2 is 1.90 bits per heavy atom. The van der Waals surface area contributed by atoms with E-state index in [1.165, 1.54) is 17.3 Å². The number of rotatable bonds is 7. The van der Waals surface area contributed by atoms with E-state index in [0.29, 0.717) is 12.4 Å². The summed E-state index contributed by atoms with van der Waals surface area (Å²) in [5, 5.41) is 9.32. The van der Waals surface area contributed by atoms with E-state index in [9.17, 15) is 9.90 Å². The number of hydrogen-bond acceptors (Lipinski definition) is 3. The highest BCUT2D eigenvalue weighted by molar-refractivity contribution is 7.98. The molecule has 0 saturated heterocycles. The maximum atomic E-state index is 11.4. The van der Waals surface area contributed by atoms with Crippen molar-refractivity contribution < 1.29 is 14.6 Å². The van der Waals surface area contributed by atoms with Gasteiger partial charge in [0.2, 0.25) is 0 Å². The molecule has 0 aliphatic heterocycles. The molecule has 21 heavy (non-hydrogen) atoms. The van der Waals surface area contributed by atoms with Crippen LogP contribution in [0.2, 0.25) is 0 Å². The Morgan fingerprint density at radius 1 is 1.14 bits per heavy atom. The van der Waals surface area contributed by atoms with E-state index < -0.39 is 5.97 Å². The summed E-state index contributed by atoms with van der Waals surface area (Å²) in [5.74, 6) is -0.500. The third-order valence-electron chi connectivity index (χ3n) is 3.13. The first-order chi connectivity index (χ1) is 10.2. The highest BCUT2D eigenvalue weighted by Crippen LogP contribution is 2.29. The van der Waals surface area contributed by atoms with Gasteiger partial charge in [0.25, 0.3) is 0 Å². The Bertz CT molecular complexity index is 596. The Kier molecular flexibility index (Phi) is 5.69. The van der Waals surface area contributed by atoms with Crippen LogP contribution in [-0.2, 0) is 6.42 Å².